The molecule has 35 heavy (non-hydrogen) atoms. The van der Waals surface area contributed by atoms with Gasteiger partial charge in [0.2, 0.25) is 15.9 Å². The van der Waals surface area contributed by atoms with Crippen molar-refractivity contribution in [2.45, 2.75) is 32.1 Å². The van der Waals surface area contributed by atoms with Gasteiger partial charge in [-0.25, -0.2) is 12.7 Å². The molecule has 8 heteroatoms. The van der Waals surface area contributed by atoms with Crippen LogP contribution >= 0.6 is 15.9 Å². The number of halogens is 1. The summed E-state index contributed by atoms with van der Waals surface area (Å²) >= 11 is 3.37. The number of carbonyl (C=O) groups is 1. The summed E-state index contributed by atoms with van der Waals surface area (Å²) in [6, 6.07) is 21.7. The Balaban J connectivity index is 1.25. The van der Waals surface area contributed by atoms with E-state index in [2.05, 4.69) is 50.9 Å². The van der Waals surface area contributed by atoms with Crippen molar-refractivity contribution >= 4 is 59.4 Å². The van der Waals surface area contributed by atoms with Crippen LogP contribution in [0.2, 0.25) is 0 Å². The zero-order chi connectivity index (χ0) is 24.6. The lowest BCUT2D eigenvalue weighted by Gasteiger charge is -2.30. The molecule has 5 rings (SSSR count). The quantitative estimate of drug-likeness (QED) is 0.330. The Morgan fingerprint density at radius 1 is 0.971 bits per heavy atom. The molecule has 0 atom stereocenters. The fourth-order valence-electron chi connectivity index (χ4n) is 5.00. The SMILES string of the molecule is CCn1c2ccccc2c2cc(NC(=O)C3CCN(S(=O)(=O)Cc4ccc(Br)cc4)CC3)ccc21. The first-order chi connectivity index (χ1) is 16.9. The molecule has 3 aromatic carbocycles. The van der Waals surface area contributed by atoms with Gasteiger partial charge in [-0.3, -0.25) is 4.79 Å². The third-order valence-electron chi connectivity index (χ3n) is 6.84. The number of piperidine rings is 1. The van der Waals surface area contributed by atoms with Crippen LogP contribution in [0.4, 0.5) is 5.69 Å². The van der Waals surface area contributed by atoms with Crippen LogP contribution in [-0.4, -0.2) is 36.3 Å². The molecule has 0 aliphatic carbocycles. The highest BCUT2D eigenvalue weighted by Gasteiger charge is 2.31. The number of aromatic nitrogens is 1. The van der Waals surface area contributed by atoms with E-state index in [0.717, 1.165) is 33.2 Å². The monoisotopic (exact) mass is 553 g/mol. The summed E-state index contributed by atoms with van der Waals surface area (Å²) in [7, 11) is -3.42. The van der Waals surface area contributed by atoms with E-state index >= 15 is 0 Å². The molecule has 6 nitrogen and oxygen atoms in total. The number of amides is 1. The van der Waals surface area contributed by atoms with Gasteiger partial charge in [-0.15, -0.1) is 0 Å². The third kappa shape index (κ3) is 4.87. The van der Waals surface area contributed by atoms with Crippen molar-refractivity contribution in [1.29, 1.82) is 0 Å². The maximum absolute atomic E-state index is 13.0. The van der Waals surface area contributed by atoms with Gasteiger partial charge in [0.05, 0.1) is 5.75 Å². The zero-order valence-electron chi connectivity index (χ0n) is 19.6. The number of rotatable bonds is 6. The molecule has 1 aromatic heterocycles. The first-order valence-electron chi connectivity index (χ1n) is 11.9. The van der Waals surface area contributed by atoms with E-state index in [0.29, 0.717) is 25.9 Å². The number of benzene rings is 3. The Labute approximate surface area is 214 Å². The smallest absolute Gasteiger partial charge is 0.227 e. The van der Waals surface area contributed by atoms with Gasteiger partial charge in [0.1, 0.15) is 0 Å². The number of nitrogens with one attached hydrogen (secondary N) is 1. The average Bonchev–Trinajstić information content (AvgIpc) is 3.18. The van der Waals surface area contributed by atoms with E-state index in [-0.39, 0.29) is 17.6 Å². The Bertz CT molecular complexity index is 1490. The van der Waals surface area contributed by atoms with Crippen LogP contribution in [-0.2, 0) is 27.1 Å². The van der Waals surface area contributed by atoms with E-state index in [1.165, 1.54) is 15.2 Å². The number of sulfonamides is 1. The van der Waals surface area contributed by atoms with Crippen molar-refractivity contribution in [1.82, 2.24) is 8.87 Å². The standard InChI is InChI=1S/C27H28BrN3O3S/c1-2-31-25-6-4-3-5-23(25)24-17-22(11-12-26(24)31)29-27(32)20-13-15-30(16-14-20)35(33,34)18-19-7-9-21(28)10-8-19/h3-12,17,20H,2,13-16,18H2,1H3,(H,29,32). The molecular weight excluding hydrogens is 526 g/mol. The first-order valence-corrected chi connectivity index (χ1v) is 14.3. The molecule has 0 bridgehead atoms. The van der Waals surface area contributed by atoms with Crippen molar-refractivity contribution in [2.24, 2.45) is 5.92 Å². The third-order valence-corrected chi connectivity index (χ3v) is 9.22. The van der Waals surface area contributed by atoms with Gasteiger partial charge in [-0.2, -0.15) is 0 Å². The summed E-state index contributed by atoms with van der Waals surface area (Å²) < 4.78 is 30.5. The molecule has 0 spiro atoms. The predicted molar refractivity (Wildman–Crippen MR) is 145 cm³/mol. The second-order valence-electron chi connectivity index (χ2n) is 9.04. The maximum Gasteiger partial charge on any atom is 0.227 e. The molecule has 1 saturated heterocycles. The van der Waals surface area contributed by atoms with Gasteiger partial charge in [0.25, 0.3) is 0 Å². The van der Waals surface area contributed by atoms with Gasteiger partial charge >= 0.3 is 0 Å². The molecule has 0 saturated carbocycles. The predicted octanol–water partition coefficient (Wildman–Crippen LogP) is 5.76. The lowest BCUT2D eigenvalue weighted by atomic mass is 9.97. The summed E-state index contributed by atoms with van der Waals surface area (Å²) in [6.45, 7) is 3.73. The van der Waals surface area contributed by atoms with Crippen LogP contribution < -0.4 is 5.32 Å². The van der Waals surface area contributed by atoms with E-state index in [4.69, 9.17) is 0 Å². The minimum atomic E-state index is -3.42. The number of hydrogen-bond acceptors (Lipinski definition) is 3. The summed E-state index contributed by atoms with van der Waals surface area (Å²) in [6.07, 6.45) is 1.03. The van der Waals surface area contributed by atoms with Crippen molar-refractivity contribution < 1.29 is 13.2 Å². The maximum atomic E-state index is 13.0. The molecular formula is C27H28BrN3O3S. The molecule has 1 fully saturated rings. The number of hydrogen-bond donors (Lipinski definition) is 1. The van der Waals surface area contributed by atoms with Crippen LogP contribution in [0.5, 0.6) is 0 Å². The molecule has 1 N–H and O–H groups in total. The summed E-state index contributed by atoms with van der Waals surface area (Å²) in [5, 5.41) is 5.36. The second kappa shape index (κ2) is 9.76. The minimum Gasteiger partial charge on any atom is -0.341 e. The van der Waals surface area contributed by atoms with Crippen molar-refractivity contribution in [2.75, 3.05) is 18.4 Å². The van der Waals surface area contributed by atoms with Gasteiger partial charge in [0.15, 0.2) is 0 Å². The molecule has 2 heterocycles. The highest BCUT2D eigenvalue weighted by atomic mass is 79.9. The fourth-order valence-corrected chi connectivity index (χ4v) is 6.82. The highest BCUT2D eigenvalue weighted by Crippen LogP contribution is 2.31. The summed E-state index contributed by atoms with van der Waals surface area (Å²) in [5.74, 6) is -0.280. The Morgan fingerprint density at radius 2 is 1.66 bits per heavy atom. The topological polar surface area (TPSA) is 71.4 Å². The molecule has 182 valence electrons. The second-order valence-corrected chi connectivity index (χ2v) is 11.9. The van der Waals surface area contributed by atoms with Gasteiger partial charge in [-0.05, 0) is 61.7 Å². The van der Waals surface area contributed by atoms with Crippen molar-refractivity contribution in [3.8, 4) is 0 Å². The van der Waals surface area contributed by atoms with E-state index < -0.39 is 10.0 Å². The van der Waals surface area contributed by atoms with E-state index in [1.54, 1.807) is 0 Å². The van der Waals surface area contributed by atoms with E-state index in [9.17, 15) is 13.2 Å². The van der Waals surface area contributed by atoms with Crippen molar-refractivity contribution in [3.63, 3.8) is 0 Å². The minimum absolute atomic E-state index is 0.0253. The average molecular weight is 555 g/mol. The summed E-state index contributed by atoms with van der Waals surface area (Å²) in [4.78, 5) is 13.0. The van der Waals surface area contributed by atoms with Gasteiger partial charge < -0.3 is 9.88 Å². The molecule has 0 unspecified atom stereocenters. The highest BCUT2D eigenvalue weighted by molar-refractivity contribution is 9.10. The van der Waals surface area contributed by atoms with E-state index in [1.807, 2.05) is 48.5 Å². The largest absolute Gasteiger partial charge is 0.341 e. The molecule has 1 aliphatic rings. The number of nitrogens with zero attached hydrogens (tertiary/aromatic N) is 2. The lowest BCUT2D eigenvalue weighted by molar-refractivity contribution is -0.120. The first kappa shape index (κ1) is 24.0. The molecule has 1 aliphatic heterocycles. The normalized spacial score (nSPS) is 15.6. The lowest BCUT2D eigenvalue weighted by Crippen LogP contribution is -2.41. The Hall–Kier alpha value is -2.68. The number of fused-ring (bicyclic) bond motifs is 3. The molecule has 0 radical (unpaired) electrons. The van der Waals surface area contributed by atoms with Crippen LogP contribution in [0.1, 0.15) is 25.3 Å². The Morgan fingerprint density at radius 3 is 2.37 bits per heavy atom. The van der Waals surface area contributed by atoms with Crippen LogP contribution in [0.3, 0.4) is 0 Å². The Kier molecular flexibility index (Phi) is 6.70. The zero-order valence-corrected chi connectivity index (χ0v) is 22.0. The van der Waals surface area contributed by atoms with Gasteiger partial charge in [0, 0.05) is 57.5 Å². The van der Waals surface area contributed by atoms with Crippen LogP contribution in [0.25, 0.3) is 21.8 Å². The number of aryl methyl sites for hydroxylation is 1. The number of carbonyl (C=O) groups excluding carboxylic acids is 1. The molecule has 4 aromatic rings. The van der Waals surface area contributed by atoms with Crippen LogP contribution in [0.15, 0.2) is 71.2 Å². The van der Waals surface area contributed by atoms with Crippen LogP contribution in [0, 0.1) is 5.92 Å². The molecule has 1 amide bonds. The summed E-state index contributed by atoms with van der Waals surface area (Å²) in [5.41, 5.74) is 3.86. The number of anilines is 1. The number of para-hydroxylation sites is 1. The fraction of sp³-hybridized carbons (Fsp3) is 0.296. The van der Waals surface area contributed by atoms with Crippen molar-refractivity contribution in [3.05, 3.63) is 76.8 Å². The van der Waals surface area contributed by atoms with Gasteiger partial charge in [-0.1, -0.05) is 46.3 Å².